The Morgan fingerprint density at radius 3 is 2.90 bits per heavy atom. The van der Waals surface area contributed by atoms with Gasteiger partial charge in [-0.15, -0.1) is 11.6 Å². The average Bonchev–Trinajstić information content (AvgIpc) is 2.81. The number of imidazole rings is 1. The molecule has 1 aromatic carbocycles. The minimum Gasteiger partial charge on any atom is -0.494 e. The van der Waals surface area contributed by atoms with E-state index in [-0.39, 0.29) is 5.91 Å². The maximum absolute atomic E-state index is 10.7. The Bertz CT molecular complexity index is 610. The minimum absolute atomic E-state index is 0.264. The predicted molar refractivity (Wildman–Crippen MR) is 78.9 cm³/mol. The normalized spacial score (nSPS) is 10.9. The van der Waals surface area contributed by atoms with E-state index in [1.54, 1.807) is 7.11 Å². The Balaban J connectivity index is 2.24. The van der Waals surface area contributed by atoms with E-state index >= 15 is 0 Å². The quantitative estimate of drug-likeness (QED) is 0.630. The van der Waals surface area contributed by atoms with E-state index in [0.717, 1.165) is 42.0 Å². The van der Waals surface area contributed by atoms with E-state index in [9.17, 15) is 4.79 Å². The Morgan fingerprint density at radius 2 is 2.25 bits per heavy atom. The summed E-state index contributed by atoms with van der Waals surface area (Å²) in [6.07, 6.45) is 2.03. The van der Waals surface area contributed by atoms with Gasteiger partial charge in [0.1, 0.15) is 17.1 Å². The SMILES string of the molecule is COc1cccc2c1nc(CCl)n2CCCCC(N)=O. The summed E-state index contributed by atoms with van der Waals surface area (Å²) in [7, 11) is 1.63. The van der Waals surface area contributed by atoms with Crippen molar-refractivity contribution in [2.24, 2.45) is 5.73 Å². The van der Waals surface area contributed by atoms with Gasteiger partial charge in [-0.05, 0) is 25.0 Å². The molecule has 1 aromatic heterocycles. The first kappa shape index (κ1) is 14.7. The number of hydrogen-bond acceptors (Lipinski definition) is 3. The molecule has 2 rings (SSSR count). The number of carbonyl (C=O) groups excluding carboxylic acids is 1. The van der Waals surface area contributed by atoms with Crippen molar-refractivity contribution in [2.45, 2.75) is 31.7 Å². The van der Waals surface area contributed by atoms with Gasteiger partial charge in [0.05, 0.1) is 18.5 Å². The standard InChI is InChI=1S/C14H18ClN3O2/c1-20-11-6-4-5-10-14(11)17-13(9-15)18(10)8-3-2-7-12(16)19/h4-6H,2-3,7-9H2,1H3,(H2,16,19). The third-order valence-electron chi connectivity index (χ3n) is 3.22. The number of rotatable bonds is 7. The second-order valence-corrected chi connectivity index (χ2v) is 4.83. The molecule has 0 atom stereocenters. The van der Waals surface area contributed by atoms with E-state index in [4.69, 9.17) is 22.1 Å². The van der Waals surface area contributed by atoms with Crippen molar-refractivity contribution in [1.29, 1.82) is 0 Å². The van der Waals surface area contributed by atoms with Gasteiger partial charge < -0.3 is 15.0 Å². The monoisotopic (exact) mass is 295 g/mol. The van der Waals surface area contributed by atoms with Crippen molar-refractivity contribution in [1.82, 2.24) is 9.55 Å². The number of halogens is 1. The molecule has 0 aliphatic carbocycles. The van der Waals surface area contributed by atoms with Crippen LogP contribution in [0.15, 0.2) is 18.2 Å². The molecule has 2 N–H and O–H groups in total. The summed E-state index contributed by atoms with van der Waals surface area (Å²) >= 11 is 5.96. The molecule has 6 heteroatoms. The molecule has 0 spiro atoms. The molecule has 0 aliphatic heterocycles. The van der Waals surface area contributed by atoms with Crippen LogP contribution < -0.4 is 10.5 Å². The molecule has 0 saturated heterocycles. The smallest absolute Gasteiger partial charge is 0.217 e. The third kappa shape index (κ3) is 3.04. The highest BCUT2D eigenvalue weighted by atomic mass is 35.5. The molecular weight excluding hydrogens is 278 g/mol. The van der Waals surface area contributed by atoms with Gasteiger partial charge in [-0.2, -0.15) is 0 Å². The average molecular weight is 296 g/mol. The number of methoxy groups -OCH3 is 1. The lowest BCUT2D eigenvalue weighted by Gasteiger charge is -2.07. The van der Waals surface area contributed by atoms with Crippen molar-refractivity contribution in [3.63, 3.8) is 0 Å². The predicted octanol–water partition coefficient (Wildman–Crippen LogP) is 2.44. The number of carbonyl (C=O) groups is 1. The van der Waals surface area contributed by atoms with Crippen molar-refractivity contribution in [3.05, 3.63) is 24.0 Å². The van der Waals surface area contributed by atoms with Crippen molar-refractivity contribution < 1.29 is 9.53 Å². The zero-order valence-corrected chi connectivity index (χ0v) is 12.2. The summed E-state index contributed by atoms with van der Waals surface area (Å²) in [4.78, 5) is 15.3. The highest BCUT2D eigenvalue weighted by Crippen LogP contribution is 2.26. The van der Waals surface area contributed by atoms with Crippen LogP contribution in [-0.2, 0) is 17.2 Å². The molecule has 5 nitrogen and oxygen atoms in total. The summed E-state index contributed by atoms with van der Waals surface area (Å²) in [6, 6.07) is 5.81. The lowest BCUT2D eigenvalue weighted by Crippen LogP contribution is -2.10. The van der Waals surface area contributed by atoms with Gasteiger partial charge >= 0.3 is 0 Å². The second kappa shape index (κ2) is 6.61. The molecule has 20 heavy (non-hydrogen) atoms. The zero-order chi connectivity index (χ0) is 14.5. The van der Waals surface area contributed by atoms with E-state index in [1.165, 1.54) is 0 Å². The molecule has 108 valence electrons. The number of nitrogens with zero attached hydrogens (tertiary/aromatic N) is 2. The summed E-state index contributed by atoms with van der Waals surface area (Å²) in [5, 5.41) is 0. The largest absolute Gasteiger partial charge is 0.494 e. The molecule has 1 amide bonds. The van der Waals surface area contributed by atoms with Crippen LogP contribution >= 0.6 is 11.6 Å². The molecule has 1 heterocycles. The van der Waals surface area contributed by atoms with Crippen LogP contribution in [0.2, 0.25) is 0 Å². The fourth-order valence-electron chi connectivity index (χ4n) is 2.25. The Kier molecular flexibility index (Phi) is 4.84. The van der Waals surface area contributed by atoms with E-state index in [2.05, 4.69) is 9.55 Å². The molecule has 0 aliphatic rings. The van der Waals surface area contributed by atoms with Crippen LogP contribution in [0.1, 0.15) is 25.1 Å². The Hall–Kier alpha value is -1.75. The summed E-state index contributed by atoms with van der Waals surface area (Å²) in [5.74, 6) is 1.63. The Morgan fingerprint density at radius 1 is 1.45 bits per heavy atom. The number of nitrogens with two attached hydrogens (primary N) is 1. The van der Waals surface area contributed by atoms with Crippen LogP contribution in [0.25, 0.3) is 11.0 Å². The van der Waals surface area contributed by atoms with Gasteiger partial charge in [0.25, 0.3) is 0 Å². The maximum Gasteiger partial charge on any atom is 0.217 e. The number of benzene rings is 1. The van der Waals surface area contributed by atoms with Gasteiger partial charge in [0.2, 0.25) is 5.91 Å². The molecule has 0 unspecified atom stereocenters. The summed E-state index contributed by atoms with van der Waals surface area (Å²) in [6.45, 7) is 0.763. The summed E-state index contributed by atoms with van der Waals surface area (Å²) < 4.78 is 7.39. The molecule has 0 radical (unpaired) electrons. The molecular formula is C14H18ClN3O2. The first-order valence-electron chi connectivity index (χ1n) is 6.53. The summed E-state index contributed by atoms with van der Waals surface area (Å²) in [5.41, 5.74) is 6.96. The van der Waals surface area contributed by atoms with Crippen LogP contribution in [0.3, 0.4) is 0 Å². The highest BCUT2D eigenvalue weighted by molar-refractivity contribution is 6.16. The molecule has 0 saturated carbocycles. The lowest BCUT2D eigenvalue weighted by molar-refractivity contribution is -0.118. The maximum atomic E-state index is 10.7. The van der Waals surface area contributed by atoms with E-state index in [1.807, 2.05) is 18.2 Å². The number of ether oxygens (including phenoxy) is 1. The highest BCUT2D eigenvalue weighted by Gasteiger charge is 2.13. The number of para-hydroxylation sites is 1. The number of hydrogen-bond donors (Lipinski definition) is 1. The third-order valence-corrected chi connectivity index (χ3v) is 3.45. The number of fused-ring (bicyclic) bond motifs is 1. The number of aryl methyl sites for hydroxylation is 1. The van der Waals surface area contributed by atoms with Gasteiger partial charge in [-0.1, -0.05) is 6.07 Å². The van der Waals surface area contributed by atoms with Crippen LogP contribution in [0.4, 0.5) is 0 Å². The van der Waals surface area contributed by atoms with Crippen molar-refractivity contribution in [2.75, 3.05) is 7.11 Å². The zero-order valence-electron chi connectivity index (χ0n) is 11.4. The van der Waals surface area contributed by atoms with Crippen molar-refractivity contribution in [3.8, 4) is 5.75 Å². The molecule has 0 bridgehead atoms. The fraction of sp³-hybridized carbons (Fsp3) is 0.429. The van der Waals surface area contributed by atoms with Crippen LogP contribution in [0, 0.1) is 0 Å². The second-order valence-electron chi connectivity index (χ2n) is 4.56. The lowest BCUT2D eigenvalue weighted by atomic mass is 10.2. The number of aromatic nitrogens is 2. The fourth-order valence-corrected chi connectivity index (χ4v) is 2.46. The van der Waals surface area contributed by atoms with Crippen molar-refractivity contribution >= 4 is 28.5 Å². The number of alkyl halides is 1. The molecule has 0 fully saturated rings. The number of unbranched alkanes of at least 4 members (excludes halogenated alkanes) is 1. The first-order chi connectivity index (χ1) is 9.67. The minimum atomic E-state index is -0.264. The van der Waals surface area contributed by atoms with E-state index in [0.29, 0.717) is 12.3 Å². The first-order valence-corrected chi connectivity index (χ1v) is 7.07. The topological polar surface area (TPSA) is 70.1 Å². The van der Waals surface area contributed by atoms with Crippen LogP contribution in [0.5, 0.6) is 5.75 Å². The van der Waals surface area contributed by atoms with Gasteiger partial charge in [-0.3, -0.25) is 4.79 Å². The number of amides is 1. The number of primary amides is 1. The van der Waals surface area contributed by atoms with Gasteiger partial charge in [0, 0.05) is 13.0 Å². The van der Waals surface area contributed by atoms with Gasteiger partial charge in [0.15, 0.2) is 0 Å². The molecule has 2 aromatic rings. The van der Waals surface area contributed by atoms with Gasteiger partial charge in [-0.25, -0.2) is 4.98 Å². The Labute approximate surface area is 122 Å². The van der Waals surface area contributed by atoms with E-state index < -0.39 is 0 Å². The van der Waals surface area contributed by atoms with Crippen LogP contribution in [-0.4, -0.2) is 22.6 Å².